The van der Waals surface area contributed by atoms with Gasteiger partial charge in [-0.2, -0.15) is 0 Å². The van der Waals surface area contributed by atoms with Gasteiger partial charge in [0.25, 0.3) is 0 Å². The molecule has 4 rings (SSSR count). The molecule has 0 N–H and O–H groups in total. The maximum Gasteiger partial charge on any atom is 0.193 e. The quantitative estimate of drug-likeness (QED) is 0.338. The summed E-state index contributed by atoms with van der Waals surface area (Å²) in [6.07, 6.45) is 0.518. The smallest absolute Gasteiger partial charge is 0.193 e. The number of carbonyl (C=O) groups excluding carboxylic acids is 2. The van der Waals surface area contributed by atoms with E-state index in [9.17, 15) is 9.59 Å². The molecule has 0 saturated heterocycles. The average Bonchev–Trinajstić information content (AvgIpc) is 2.84. The van der Waals surface area contributed by atoms with Crippen LogP contribution in [-0.2, 0) is 0 Å². The van der Waals surface area contributed by atoms with E-state index in [1.54, 1.807) is 0 Å². The first kappa shape index (κ1) is 19.5. The first-order chi connectivity index (χ1) is 14.7. The molecule has 0 unspecified atom stereocenters. The van der Waals surface area contributed by atoms with Crippen molar-refractivity contribution in [2.24, 2.45) is 0 Å². The van der Waals surface area contributed by atoms with Crippen LogP contribution in [-0.4, -0.2) is 11.6 Å². The van der Waals surface area contributed by atoms with Crippen molar-refractivity contribution in [1.82, 2.24) is 0 Å². The lowest BCUT2D eigenvalue weighted by atomic mass is 9.97. The van der Waals surface area contributed by atoms with Crippen LogP contribution in [0.3, 0.4) is 0 Å². The van der Waals surface area contributed by atoms with Crippen LogP contribution in [0.1, 0.15) is 39.6 Å². The molecule has 0 atom stereocenters. The largest absolute Gasteiger partial charge is 0.294 e. The number of Topliss-reactive ketones (excluding diaryl/α,β-unsaturated/α-hetero) is 1. The van der Waals surface area contributed by atoms with Gasteiger partial charge in [0.1, 0.15) is 0 Å². The van der Waals surface area contributed by atoms with Gasteiger partial charge in [-0.25, -0.2) is 0 Å². The highest BCUT2D eigenvalue weighted by molar-refractivity contribution is 6.09. The van der Waals surface area contributed by atoms with Crippen molar-refractivity contribution in [2.45, 2.75) is 13.3 Å². The van der Waals surface area contributed by atoms with Gasteiger partial charge in [-0.15, -0.1) is 0 Å². The fourth-order valence-corrected chi connectivity index (χ4v) is 3.48. The summed E-state index contributed by atoms with van der Waals surface area (Å²) in [5.74, 6) is 0.189. The second kappa shape index (κ2) is 8.71. The molecule has 0 heterocycles. The van der Waals surface area contributed by atoms with Gasteiger partial charge in [0.2, 0.25) is 0 Å². The third-order valence-corrected chi connectivity index (χ3v) is 5.26. The first-order valence-electron chi connectivity index (χ1n) is 10.1. The fraction of sp³-hybridized carbons (Fsp3) is 0.0714. The maximum atomic E-state index is 12.6. The van der Waals surface area contributed by atoms with E-state index in [2.05, 4.69) is 24.3 Å². The van der Waals surface area contributed by atoms with Crippen LogP contribution >= 0.6 is 0 Å². The molecule has 0 aliphatic carbocycles. The van der Waals surface area contributed by atoms with E-state index in [4.69, 9.17) is 0 Å². The summed E-state index contributed by atoms with van der Waals surface area (Å²) in [5.41, 5.74) is 6.47. The molecule has 0 saturated carbocycles. The molecule has 2 heteroatoms. The lowest BCUT2D eigenvalue weighted by Gasteiger charge is -2.07. The Morgan fingerprint density at radius 1 is 0.500 bits per heavy atom. The van der Waals surface area contributed by atoms with Crippen molar-refractivity contribution in [2.75, 3.05) is 0 Å². The predicted octanol–water partition coefficient (Wildman–Crippen LogP) is 6.84. The van der Waals surface area contributed by atoms with Crippen LogP contribution < -0.4 is 0 Å². The Labute approximate surface area is 176 Å². The summed E-state index contributed by atoms with van der Waals surface area (Å²) in [6.45, 7) is 1.87. The molecule has 4 aromatic carbocycles. The lowest BCUT2D eigenvalue weighted by molar-refractivity contribution is 0.0987. The second-order valence-corrected chi connectivity index (χ2v) is 7.20. The van der Waals surface area contributed by atoms with E-state index in [1.807, 2.05) is 85.8 Å². The highest BCUT2D eigenvalue weighted by Gasteiger charge is 2.09. The molecule has 146 valence electrons. The zero-order valence-electron chi connectivity index (χ0n) is 16.8. The van der Waals surface area contributed by atoms with Crippen LogP contribution in [0.15, 0.2) is 103 Å². The molecule has 0 aromatic heterocycles. The van der Waals surface area contributed by atoms with Crippen molar-refractivity contribution < 1.29 is 9.59 Å². The van der Waals surface area contributed by atoms with Crippen LogP contribution in [0.4, 0.5) is 0 Å². The summed E-state index contributed by atoms with van der Waals surface area (Å²) in [6, 6.07) is 33.1. The predicted molar refractivity (Wildman–Crippen MR) is 122 cm³/mol. The lowest BCUT2D eigenvalue weighted by Crippen LogP contribution is -2.00. The number of rotatable bonds is 6. The number of hydrogen-bond donors (Lipinski definition) is 0. The normalized spacial score (nSPS) is 10.6. The number of carbonyl (C=O) groups is 2. The highest BCUT2D eigenvalue weighted by atomic mass is 16.1. The van der Waals surface area contributed by atoms with E-state index in [0.717, 1.165) is 27.8 Å². The molecular formula is C28H22O2. The van der Waals surface area contributed by atoms with E-state index in [1.165, 1.54) is 0 Å². The monoisotopic (exact) mass is 390 g/mol. The summed E-state index contributed by atoms with van der Waals surface area (Å²) < 4.78 is 0. The third kappa shape index (κ3) is 4.13. The molecule has 0 spiro atoms. The standard InChI is InChI=1S/C28H22O2/c1-2-27(29)24-16-12-22(13-17-24)20-8-10-21(11-9-20)23-14-18-26(19-15-23)28(30)25-6-4-3-5-7-25/h3-19H,2H2,1H3. The van der Waals surface area contributed by atoms with Crippen molar-refractivity contribution in [3.8, 4) is 22.3 Å². The number of benzene rings is 4. The summed E-state index contributed by atoms with van der Waals surface area (Å²) >= 11 is 0. The SMILES string of the molecule is CCC(=O)c1ccc(-c2ccc(-c3ccc(C(=O)c4ccccc4)cc3)cc2)cc1. The maximum absolute atomic E-state index is 12.6. The Morgan fingerprint density at radius 3 is 1.30 bits per heavy atom. The third-order valence-electron chi connectivity index (χ3n) is 5.26. The number of ketones is 2. The van der Waals surface area contributed by atoms with Gasteiger partial charge in [-0.05, 0) is 22.3 Å². The molecular weight excluding hydrogens is 368 g/mol. The Hall–Kier alpha value is -3.78. The molecule has 0 fully saturated rings. The summed E-state index contributed by atoms with van der Waals surface area (Å²) in [4.78, 5) is 24.3. The minimum Gasteiger partial charge on any atom is -0.294 e. The second-order valence-electron chi connectivity index (χ2n) is 7.20. The van der Waals surface area contributed by atoms with E-state index >= 15 is 0 Å². The first-order valence-corrected chi connectivity index (χ1v) is 10.1. The van der Waals surface area contributed by atoms with Gasteiger partial charge < -0.3 is 0 Å². The van der Waals surface area contributed by atoms with Gasteiger partial charge in [-0.3, -0.25) is 9.59 Å². The number of hydrogen-bond acceptors (Lipinski definition) is 2. The fourth-order valence-electron chi connectivity index (χ4n) is 3.48. The summed E-state index contributed by atoms with van der Waals surface area (Å²) in [7, 11) is 0. The zero-order valence-corrected chi connectivity index (χ0v) is 16.8. The van der Waals surface area contributed by atoms with Crippen LogP contribution in [0.25, 0.3) is 22.3 Å². The van der Waals surface area contributed by atoms with Crippen molar-refractivity contribution in [1.29, 1.82) is 0 Å². The van der Waals surface area contributed by atoms with Gasteiger partial charge in [0.15, 0.2) is 11.6 Å². The molecule has 2 nitrogen and oxygen atoms in total. The Kier molecular flexibility index (Phi) is 5.67. The van der Waals surface area contributed by atoms with Gasteiger partial charge in [-0.1, -0.05) is 110 Å². The Balaban J connectivity index is 1.51. The molecule has 0 bridgehead atoms. The van der Waals surface area contributed by atoms with E-state index < -0.39 is 0 Å². The molecule has 4 aromatic rings. The van der Waals surface area contributed by atoms with E-state index in [-0.39, 0.29) is 11.6 Å². The van der Waals surface area contributed by atoms with Crippen molar-refractivity contribution in [3.05, 3.63) is 120 Å². The molecule has 0 aliphatic heterocycles. The van der Waals surface area contributed by atoms with E-state index in [0.29, 0.717) is 17.5 Å². The molecule has 30 heavy (non-hydrogen) atoms. The summed E-state index contributed by atoms with van der Waals surface area (Å²) in [5, 5.41) is 0. The minimum absolute atomic E-state index is 0.0301. The zero-order chi connectivity index (χ0) is 20.9. The van der Waals surface area contributed by atoms with Crippen molar-refractivity contribution in [3.63, 3.8) is 0 Å². The van der Waals surface area contributed by atoms with Crippen LogP contribution in [0.2, 0.25) is 0 Å². The highest BCUT2D eigenvalue weighted by Crippen LogP contribution is 2.26. The van der Waals surface area contributed by atoms with Gasteiger partial charge >= 0.3 is 0 Å². The van der Waals surface area contributed by atoms with Gasteiger partial charge in [0.05, 0.1) is 0 Å². The van der Waals surface area contributed by atoms with Crippen LogP contribution in [0, 0.1) is 0 Å². The van der Waals surface area contributed by atoms with Crippen molar-refractivity contribution >= 4 is 11.6 Å². The Bertz CT molecular complexity index is 1150. The molecule has 0 aliphatic rings. The van der Waals surface area contributed by atoms with Gasteiger partial charge in [0, 0.05) is 23.1 Å². The Morgan fingerprint density at radius 2 is 0.867 bits per heavy atom. The van der Waals surface area contributed by atoms with Crippen LogP contribution in [0.5, 0.6) is 0 Å². The minimum atomic E-state index is 0.0301. The topological polar surface area (TPSA) is 34.1 Å². The molecule has 0 amide bonds. The average molecular weight is 390 g/mol. The molecule has 0 radical (unpaired) electrons.